The van der Waals surface area contributed by atoms with Crippen molar-refractivity contribution in [1.29, 1.82) is 0 Å². The Labute approximate surface area is 250 Å². The number of methoxy groups -OCH3 is 1. The number of ether oxygens (including phenoxy) is 2. The number of ketones is 2. The summed E-state index contributed by atoms with van der Waals surface area (Å²) >= 11 is 0. The Hall–Kier alpha value is -3.67. The van der Waals surface area contributed by atoms with Crippen molar-refractivity contribution in [3.63, 3.8) is 0 Å². The number of benzene rings is 1. The lowest BCUT2D eigenvalue weighted by atomic mass is 9.61. The van der Waals surface area contributed by atoms with Crippen molar-refractivity contribution in [1.82, 2.24) is 0 Å². The van der Waals surface area contributed by atoms with Gasteiger partial charge in [0, 0.05) is 11.5 Å². The summed E-state index contributed by atoms with van der Waals surface area (Å²) in [6, 6.07) is 9.12. The quantitative estimate of drug-likeness (QED) is 0.214. The van der Waals surface area contributed by atoms with E-state index in [4.69, 9.17) is 9.47 Å². The Balaban J connectivity index is 2.41. The van der Waals surface area contributed by atoms with E-state index in [-0.39, 0.29) is 47.2 Å². The molecule has 1 aliphatic heterocycles. The van der Waals surface area contributed by atoms with Crippen LogP contribution in [0, 0.1) is 17.3 Å². The fraction of sp³-hybridized carbons (Fsp3) is 0.472. The minimum Gasteiger partial charge on any atom is -0.507 e. The third-order valence-electron chi connectivity index (χ3n) is 8.61. The van der Waals surface area contributed by atoms with Gasteiger partial charge in [0.15, 0.2) is 11.6 Å². The van der Waals surface area contributed by atoms with Crippen LogP contribution < -0.4 is 0 Å². The molecule has 0 amide bonds. The zero-order valence-electron chi connectivity index (χ0n) is 26.4. The summed E-state index contributed by atoms with van der Waals surface area (Å²) in [5, 5.41) is 11.9. The summed E-state index contributed by atoms with van der Waals surface area (Å²) in [5.41, 5.74) is 2.56. The number of allylic oxidation sites excluding steroid dienone is 8. The number of hydrogen-bond acceptors (Lipinski definition) is 6. The molecule has 1 N–H and O–H groups in total. The van der Waals surface area contributed by atoms with Crippen molar-refractivity contribution in [2.24, 2.45) is 17.3 Å². The molecule has 1 heterocycles. The Morgan fingerprint density at radius 1 is 1.07 bits per heavy atom. The van der Waals surface area contributed by atoms with Crippen molar-refractivity contribution < 1.29 is 29.0 Å². The number of carbonyl (C=O) groups is 3. The van der Waals surface area contributed by atoms with Crippen LogP contribution in [-0.4, -0.2) is 35.9 Å². The van der Waals surface area contributed by atoms with E-state index in [1.165, 1.54) is 7.11 Å². The first-order chi connectivity index (χ1) is 19.7. The second-order valence-corrected chi connectivity index (χ2v) is 12.3. The summed E-state index contributed by atoms with van der Waals surface area (Å²) in [5.74, 6) is -2.76. The Morgan fingerprint density at radius 2 is 1.69 bits per heavy atom. The number of aliphatic hydroxyl groups excluding tert-OH is 1. The predicted octanol–water partition coefficient (Wildman–Crippen LogP) is 7.89. The minimum atomic E-state index is -1.29. The zero-order chi connectivity index (χ0) is 31.4. The molecule has 0 aromatic heterocycles. The monoisotopic (exact) mass is 574 g/mol. The molecule has 3 unspecified atom stereocenters. The molecule has 0 radical (unpaired) electrons. The number of carbonyl (C=O) groups excluding carboxylic acids is 3. The van der Waals surface area contributed by atoms with E-state index in [9.17, 15) is 14.7 Å². The van der Waals surface area contributed by atoms with Crippen LogP contribution in [0.2, 0.25) is 0 Å². The van der Waals surface area contributed by atoms with Gasteiger partial charge in [-0.25, -0.2) is 0 Å². The van der Waals surface area contributed by atoms with E-state index in [2.05, 4.69) is 12.7 Å². The molecule has 6 nitrogen and oxygen atoms in total. The maximum absolute atomic E-state index is 15.1. The van der Waals surface area contributed by atoms with Crippen LogP contribution in [0.1, 0.15) is 85.6 Å². The Morgan fingerprint density at radius 3 is 2.24 bits per heavy atom. The highest BCUT2D eigenvalue weighted by atomic mass is 16.5. The van der Waals surface area contributed by atoms with Gasteiger partial charge in [-0.1, -0.05) is 72.7 Å². The van der Waals surface area contributed by atoms with Gasteiger partial charge in [-0.2, -0.15) is 0 Å². The number of hydrogen-bond donors (Lipinski definition) is 1. The highest BCUT2D eigenvalue weighted by Crippen LogP contribution is 2.54. The van der Waals surface area contributed by atoms with Gasteiger partial charge in [0.25, 0.3) is 0 Å². The van der Waals surface area contributed by atoms with Crippen molar-refractivity contribution in [2.45, 2.75) is 86.2 Å². The maximum Gasteiger partial charge on any atom is 0.306 e. The van der Waals surface area contributed by atoms with Crippen LogP contribution in [-0.2, 0) is 23.9 Å². The lowest BCUT2D eigenvalue weighted by Crippen LogP contribution is -2.48. The van der Waals surface area contributed by atoms with Crippen LogP contribution in [0.3, 0.4) is 0 Å². The van der Waals surface area contributed by atoms with E-state index < -0.39 is 35.1 Å². The fourth-order valence-corrected chi connectivity index (χ4v) is 5.81. The van der Waals surface area contributed by atoms with Gasteiger partial charge < -0.3 is 14.6 Å². The second kappa shape index (κ2) is 13.5. The molecule has 0 spiro atoms. The SMILES string of the molecule is C=C(C)C(CC=C(C)C)CC1(CC=C(C)C)C(=O)C(C(CC(=O)OC)c2ccccc2)=C(O)C2=C1O[C@H](C)[C@@H](C)C2=O. The molecule has 5 atom stereocenters. The highest BCUT2D eigenvalue weighted by molar-refractivity contribution is 6.13. The van der Waals surface area contributed by atoms with Gasteiger partial charge >= 0.3 is 5.97 Å². The topological polar surface area (TPSA) is 89.9 Å². The molecule has 2 aliphatic rings. The molecule has 1 aliphatic carbocycles. The highest BCUT2D eigenvalue weighted by Gasteiger charge is 2.56. The summed E-state index contributed by atoms with van der Waals surface area (Å²) in [6.07, 6.45) is 4.74. The maximum atomic E-state index is 15.1. The molecule has 226 valence electrons. The van der Waals surface area contributed by atoms with Crippen LogP contribution >= 0.6 is 0 Å². The third-order valence-corrected chi connectivity index (χ3v) is 8.61. The van der Waals surface area contributed by atoms with Crippen molar-refractivity contribution in [3.8, 4) is 0 Å². The van der Waals surface area contributed by atoms with Gasteiger partial charge in [0.1, 0.15) is 17.6 Å². The van der Waals surface area contributed by atoms with E-state index in [1.807, 2.05) is 78.0 Å². The van der Waals surface area contributed by atoms with Crippen LogP contribution in [0.15, 0.2) is 88.4 Å². The van der Waals surface area contributed by atoms with Gasteiger partial charge in [-0.3, -0.25) is 14.4 Å². The molecule has 0 saturated heterocycles. The normalized spacial score (nSPS) is 23.4. The standard InChI is InChI=1S/C36H46O6/c1-21(2)15-16-27(23(5)6)20-36(18-17-22(3)4)34(40)30(28(19-29(37)41-9)26-13-11-10-12-14-26)33(39)31-32(38)24(7)25(8)42-35(31)36/h10-15,17,24-25,27-28,39H,5,16,18-20H2,1-4,6-9H3/t24-,25-,27?,28?,36?/m1/s1. The number of rotatable bonds is 11. The fourth-order valence-electron chi connectivity index (χ4n) is 5.81. The first-order valence-corrected chi connectivity index (χ1v) is 14.7. The molecular formula is C36H46O6. The smallest absolute Gasteiger partial charge is 0.306 e. The van der Waals surface area contributed by atoms with E-state index >= 15 is 4.79 Å². The summed E-state index contributed by atoms with van der Waals surface area (Å²) < 4.78 is 11.5. The molecule has 1 aromatic carbocycles. The van der Waals surface area contributed by atoms with Crippen molar-refractivity contribution >= 4 is 17.5 Å². The molecule has 3 rings (SSSR count). The molecular weight excluding hydrogens is 528 g/mol. The average Bonchev–Trinajstić information content (AvgIpc) is 2.94. The van der Waals surface area contributed by atoms with Gasteiger partial charge in [0.05, 0.1) is 30.4 Å². The Kier molecular flexibility index (Phi) is 10.6. The summed E-state index contributed by atoms with van der Waals surface area (Å²) in [6.45, 7) is 17.8. The lowest BCUT2D eigenvalue weighted by Gasteiger charge is -2.45. The van der Waals surface area contributed by atoms with Crippen LogP contribution in [0.4, 0.5) is 0 Å². The largest absolute Gasteiger partial charge is 0.507 e. The Bertz CT molecular complexity index is 1350. The van der Waals surface area contributed by atoms with Gasteiger partial charge in [0.2, 0.25) is 0 Å². The summed E-state index contributed by atoms with van der Waals surface area (Å²) in [7, 11) is 1.29. The van der Waals surface area contributed by atoms with E-state index in [0.29, 0.717) is 18.4 Å². The van der Waals surface area contributed by atoms with Crippen LogP contribution in [0.25, 0.3) is 0 Å². The molecule has 1 aromatic rings. The average molecular weight is 575 g/mol. The van der Waals surface area contributed by atoms with Gasteiger partial charge in [-0.05, 0) is 72.3 Å². The first kappa shape index (κ1) is 32.8. The van der Waals surface area contributed by atoms with E-state index in [0.717, 1.165) is 16.7 Å². The van der Waals surface area contributed by atoms with Crippen molar-refractivity contribution in [2.75, 3.05) is 7.11 Å². The van der Waals surface area contributed by atoms with E-state index in [1.54, 1.807) is 6.92 Å². The number of Topliss-reactive ketones (excluding diaryl/α,β-unsaturated/α-hetero) is 2. The molecule has 0 saturated carbocycles. The second-order valence-electron chi connectivity index (χ2n) is 12.3. The molecule has 6 heteroatoms. The van der Waals surface area contributed by atoms with Crippen LogP contribution in [0.5, 0.6) is 0 Å². The third kappa shape index (κ3) is 6.69. The molecule has 0 fully saturated rings. The molecule has 0 bridgehead atoms. The van der Waals surface area contributed by atoms with Gasteiger partial charge in [-0.15, -0.1) is 0 Å². The number of esters is 1. The summed E-state index contributed by atoms with van der Waals surface area (Å²) in [4.78, 5) is 41.8. The predicted molar refractivity (Wildman–Crippen MR) is 166 cm³/mol. The molecule has 42 heavy (non-hydrogen) atoms. The first-order valence-electron chi connectivity index (χ1n) is 14.7. The van der Waals surface area contributed by atoms with Crippen molar-refractivity contribution in [3.05, 3.63) is 94.0 Å². The lowest BCUT2D eigenvalue weighted by molar-refractivity contribution is -0.140. The zero-order valence-corrected chi connectivity index (χ0v) is 26.4. The minimum absolute atomic E-state index is 0.0471. The number of aliphatic hydroxyl groups is 1.